The number of carbonyl (C=O) groups excluding carboxylic acids is 2. The van der Waals surface area contributed by atoms with Gasteiger partial charge in [0.25, 0.3) is 0 Å². The van der Waals surface area contributed by atoms with Crippen LogP contribution in [0.2, 0.25) is 0 Å². The largest absolute Gasteiger partial charge is 0.299 e. The Hall–Kier alpha value is -1.69. The van der Waals surface area contributed by atoms with Crippen molar-refractivity contribution in [2.45, 2.75) is 58.8 Å². The third-order valence-corrected chi connectivity index (χ3v) is 7.72. The van der Waals surface area contributed by atoms with Gasteiger partial charge in [-0.25, -0.2) is 4.85 Å². The van der Waals surface area contributed by atoms with Crippen LogP contribution in [0.5, 0.6) is 0 Å². The average Bonchev–Trinajstić information content (AvgIpc) is 2.84. The molecule has 24 heavy (non-hydrogen) atoms. The van der Waals surface area contributed by atoms with Gasteiger partial charge in [-0.15, -0.1) is 0 Å². The highest BCUT2D eigenvalue weighted by molar-refractivity contribution is 5.93. The van der Waals surface area contributed by atoms with Crippen molar-refractivity contribution in [2.75, 3.05) is 0 Å². The standard InChI is InChI=1S/C21H25NO2/c1-20-9-8-15(23)10-13(20)4-6-16-17-7-5-14(12-22-3)21(17,2)11-18(24)19(16)20/h10,12,16-17,19H,4-9,11H2,1-2H3/b14-12-/t16-,17-,19+,20?,21+/m0/s1. The molecule has 3 nitrogen and oxygen atoms in total. The van der Waals surface area contributed by atoms with Crippen molar-refractivity contribution in [3.05, 3.63) is 34.8 Å². The quantitative estimate of drug-likeness (QED) is 0.616. The molecule has 3 heteroatoms. The summed E-state index contributed by atoms with van der Waals surface area (Å²) in [6.45, 7) is 11.6. The van der Waals surface area contributed by atoms with E-state index in [0.717, 1.165) is 32.1 Å². The van der Waals surface area contributed by atoms with Crippen LogP contribution in [0, 0.1) is 35.2 Å². The maximum atomic E-state index is 13.3. The number of fused-ring (bicyclic) bond motifs is 5. The Morgan fingerprint density at radius 2 is 1.96 bits per heavy atom. The van der Waals surface area contributed by atoms with Gasteiger partial charge in [-0.05, 0) is 60.8 Å². The molecular formula is C21H25NO2. The van der Waals surface area contributed by atoms with Crippen molar-refractivity contribution in [1.82, 2.24) is 0 Å². The molecule has 3 saturated carbocycles. The number of nitrogens with zero attached hydrogens (tertiary/aromatic N) is 1. The van der Waals surface area contributed by atoms with Gasteiger partial charge in [0, 0.05) is 18.8 Å². The molecule has 4 aliphatic rings. The third kappa shape index (κ3) is 1.95. The van der Waals surface area contributed by atoms with Gasteiger partial charge in [0.05, 0.1) is 6.57 Å². The maximum Gasteiger partial charge on any atom is 0.155 e. The molecule has 0 radical (unpaired) electrons. The Morgan fingerprint density at radius 3 is 2.71 bits per heavy atom. The van der Waals surface area contributed by atoms with Crippen molar-refractivity contribution < 1.29 is 9.59 Å². The predicted molar refractivity (Wildman–Crippen MR) is 91.8 cm³/mol. The summed E-state index contributed by atoms with van der Waals surface area (Å²) < 4.78 is 0. The summed E-state index contributed by atoms with van der Waals surface area (Å²) in [7, 11) is 0. The van der Waals surface area contributed by atoms with Crippen molar-refractivity contribution in [2.24, 2.45) is 28.6 Å². The van der Waals surface area contributed by atoms with Crippen LogP contribution in [0.15, 0.2) is 23.4 Å². The van der Waals surface area contributed by atoms with Crippen molar-refractivity contribution >= 4 is 11.6 Å². The average molecular weight is 323 g/mol. The monoisotopic (exact) mass is 323 g/mol. The molecule has 0 aliphatic heterocycles. The lowest BCUT2D eigenvalue weighted by Gasteiger charge is -2.56. The predicted octanol–water partition coefficient (Wildman–Crippen LogP) is 4.50. The van der Waals surface area contributed by atoms with Gasteiger partial charge in [-0.3, -0.25) is 9.59 Å². The van der Waals surface area contributed by atoms with Crippen molar-refractivity contribution in [3.63, 3.8) is 0 Å². The number of ketones is 2. The Balaban J connectivity index is 1.76. The van der Waals surface area contributed by atoms with Gasteiger partial charge in [0.2, 0.25) is 0 Å². The van der Waals surface area contributed by atoms with E-state index >= 15 is 0 Å². The zero-order valence-corrected chi connectivity index (χ0v) is 14.6. The first-order valence-electron chi connectivity index (χ1n) is 9.23. The van der Waals surface area contributed by atoms with Crippen LogP contribution in [-0.4, -0.2) is 11.6 Å². The first-order valence-corrected chi connectivity index (χ1v) is 9.23. The number of allylic oxidation sites excluding steroid dienone is 2. The Morgan fingerprint density at radius 1 is 1.17 bits per heavy atom. The highest BCUT2D eigenvalue weighted by Crippen LogP contribution is 2.65. The molecule has 0 spiro atoms. The lowest BCUT2D eigenvalue weighted by Crippen LogP contribution is -2.54. The van der Waals surface area contributed by atoms with E-state index in [1.807, 2.05) is 6.08 Å². The van der Waals surface area contributed by atoms with Gasteiger partial charge in [-0.1, -0.05) is 25.0 Å². The highest BCUT2D eigenvalue weighted by Gasteiger charge is 2.60. The molecule has 0 heterocycles. The van der Waals surface area contributed by atoms with Gasteiger partial charge in [0.1, 0.15) is 5.78 Å². The van der Waals surface area contributed by atoms with Crippen molar-refractivity contribution in [1.29, 1.82) is 0 Å². The summed E-state index contributed by atoms with van der Waals surface area (Å²) in [6.07, 6.45) is 9.60. The van der Waals surface area contributed by atoms with Gasteiger partial charge >= 0.3 is 0 Å². The molecule has 0 saturated heterocycles. The number of carbonyl (C=O) groups is 2. The summed E-state index contributed by atoms with van der Waals surface area (Å²) in [6, 6.07) is 0. The maximum absolute atomic E-state index is 13.3. The molecule has 0 aromatic carbocycles. The second-order valence-corrected chi connectivity index (χ2v) is 8.72. The first-order chi connectivity index (χ1) is 11.4. The molecule has 0 aromatic rings. The topological polar surface area (TPSA) is 38.5 Å². The molecule has 5 atom stereocenters. The van der Waals surface area contributed by atoms with E-state index in [-0.39, 0.29) is 22.5 Å². The fourth-order valence-corrected chi connectivity index (χ4v) is 6.52. The molecule has 0 bridgehead atoms. The molecule has 4 rings (SSSR count). The smallest absolute Gasteiger partial charge is 0.155 e. The zero-order chi connectivity index (χ0) is 17.1. The zero-order valence-electron chi connectivity index (χ0n) is 14.6. The lowest BCUT2D eigenvalue weighted by molar-refractivity contribution is -0.142. The number of hydrogen-bond acceptors (Lipinski definition) is 2. The molecule has 0 N–H and O–H groups in total. The molecule has 4 aliphatic carbocycles. The third-order valence-electron chi connectivity index (χ3n) is 7.72. The molecular weight excluding hydrogens is 298 g/mol. The van der Waals surface area contributed by atoms with Gasteiger partial charge < -0.3 is 0 Å². The van der Waals surface area contributed by atoms with Crippen LogP contribution in [0.3, 0.4) is 0 Å². The van der Waals surface area contributed by atoms with Crippen molar-refractivity contribution in [3.8, 4) is 0 Å². The van der Waals surface area contributed by atoms with E-state index in [1.165, 1.54) is 11.1 Å². The number of Topliss-reactive ketones (excluding diaryl/α,β-unsaturated/α-hetero) is 1. The Bertz CT molecular complexity index is 725. The summed E-state index contributed by atoms with van der Waals surface area (Å²) >= 11 is 0. The Labute approximate surface area is 144 Å². The van der Waals surface area contributed by atoms with E-state index in [0.29, 0.717) is 30.5 Å². The number of rotatable bonds is 0. The van der Waals surface area contributed by atoms with Gasteiger partial charge in [-0.2, -0.15) is 0 Å². The molecule has 0 amide bonds. The molecule has 126 valence electrons. The minimum absolute atomic E-state index is 0.0796. The van der Waals surface area contributed by atoms with Crippen LogP contribution in [0.25, 0.3) is 4.85 Å². The van der Waals surface area contributed by atoms with E-state index in [2.05, 4.69) is 18.7 Å². The SMILES string of the molecule is [C-]#[N+]/C=C1/CC[C@H]2[C@@H]3CCC4=CC(=O)CCC4(C)[C@H]3C(=O)C[C@]12C. The minimum Gasteiger partial charge on any atom is -0.299 e. The van der Waals surface area contributed by atoms with Crippen LogP contribution >= 0.6 is 0 Å². The van der Waals surface area contributed by atoms with Crippen LogP contribution in [0.1, 0.15) is 58.8 Å². The summed E-state index contributed by atoms with van der Waals surface area (Å²) in [5, 5.41) is 0. The Kier molecular flexibility index (Phi) is 3.39. The minimum atomic E-state index is -0.110. The molecule has 3 fully saturated rings. The summed E-state index contributed by atoms with van der Waals surface area (Å²) in [5.74, 6) is 1.62. The van der Waals surface area contributed by atoms with E-state index in [9.17, 15) is 9.59 Å². The fraction of sp³-hybridized carbons (Fsp3) is 0.667. The molecule has 1 unspecified atom stereocenters. The van der Waals surface area contributed by atoms with E-state index in [1.54, 1.807) is 6.20 Å². The van der Waals surface area contributed by atoms with E-state index < -0.39 is 0 Å². The number of hydrogen-bond donors (Lipinski definition) is 0. The lowest BCUT2D eigenvalue weighted by atomic mass is 9.47. The van der Waals surface area contributed by atoms with Crippen LogP contribution in [0.4, 0.5) is 0 Å². The fourth-order valence-electron chi connectivity index (χ4n) is 6.52. The van der Waals surface area contributed by atoms with Gasteiger partial charge in [0.15, 0.2) is 12.0 Å². The second-order valence-electron chi connectivity index (χ2n) is 8.72. The normalized spacial score (nSPS) is 46.0. The first kappa shape index (κ1) is 15.8. The summed E-state index contributed by atoms with van der Waals surface area (Å²) in [5.41, 5.74) is 2.21. The summed E-state index contributed by atoms with van der Waals surface area (Å²) in [4.78, 5) is 28.6. The van der Waals surface area contributed by atoms with E-state index in [4.69, 9.17) is 6.57 Å². The molecule has 0 aromatic heterocycles. The highest BCUT2D eigenvalue weighted by atomic mass is 16.1. The van der Waals surface area contributed by atoms with Crippen LogP contribution in [-0.2, 0) is 9.59 Å². The second kappa shape index (κ2) is 5.15. The van der Waals surface area contributed by atoms with Crippen LogP contribution < -0.4 is 0 Å².